The summed E-state index contributed by atoms with van der Waals surface area (Å²) in [6.07, 6.45) is 6.71. The molecule has 1 aliphatic rings. The Morgan fingerprint density at radius 2 is 1.96 bits per heavy atom. The number of nitrogens with one attached hydrogen (secondary N) is 1. The fourth-order valence-corrected chi connectivity index (χ4v) is 4.14. The highest BCUT2D eigenvalue weighted by Crippen LogP contribution is 2.19. The number of benzene rings is 2. The van der Waals surface area contributed by atoms with Gasteiger partial charge in [0.1, 0.15) is 0 Å². The maximum atomic E-state index is 12.6. The zero-order valence-electron chi connectivity index (χ0n) is 15.9. The van der Waals surface area contributed by atoms with Crippen molar-refractivity contribution in [1.82, 2.24) is 19.8 Å². The van der Waals surface area contributed by atoms with Gasteiger partial charge in [0.15, 0.2) is 5.16 Å². The zero-order chi connectivity index (χ0) is 19.3. The lowest BCUT2D eigenvalue weighted by molar-refractivity contribution is 0.0937. The standard InChI is InChI=1S/C22H24N4OS/c1-28-22-23-12-14-26(22)20-9-7-18(8-10-20)21(27)24-19-11-13-25(16-19)15-17-5-3-2-4-6-17/h2-10,12,14,19H,11,13,15-16H2,1H3,(H,24,27)/t19-/m1/s1. The third-order valence-electron chi connectivity index (χ3n) is 5.05. The fourth-order valence-electron chi connectivity index (χ4n) is 3.62. The van der Waals surface area contributed by atoms with Crippen LogP contribution in [0.4, 0.5) is 0 Å². The molecule has 144 valence electrons. The Morgan fingerprint density at radius 1 is 1.18 bits per heavy atom. The lowest BCUT2D eigenvalue weighted by Crippen LogP contribution is -2.36. The maximum absolute atomic E-state index is 12.6. The van der Waals surface area contributed by atoms with Crippen LogP contribution in [-0.2, 0) is 6.54 Å². The Labute approximate surface area is 169 Å². The normalized spacial score (nSPS) is 17.0. The van der Waals surface area contributed by atoms with Crippen LogP contribution in [0, 0.1) is 0 Å². The maximum Gasteiger partial charge on any atom is 0.251 e. The molecule has 0 radical (unpaired) electrons. The summed E-state index contributed by atoms with van der Waals surface area (Å²) in [5.74, 6) is -0.00571. The van der Waals surface area contributed by atoms with E-state index < -0.39 is 0 Å². The van der Waals surface area contributed by atoms with Crippen molar-refractivity contribution in [2.75, 3.05) is 19.3 Å². The van der Waals surface area contributed by atoms with Gasteiger partial charge in [-0.3, -0.25) is 14.3 Å². The van der Waals surface area contributed by atoms with E-state index in [-0.39, 0.29) is 11.9 Å². The Morgan fingerprint density at radius 3 is 2.71 bits per heavy atom. The molecule has 2 aromatic carbocycles. The predicted molar refractivity (Wildman–Crippen MR) is 113 cm³/mol. The molecule has 0 bridgehead atoms. The van der Waals surface area contributed by atoms with Gasteiger partial charge in [0.2, 0.25) is 0 Å². The fraction of sp³-hybridized carbons (Fsp3) is 0.273. The van der Waals surface area contributed by atoms with Gasteiger partial charge >= 0.3 is 0 Å². The van der Waals surface area contributed by atoms with Crippen molar-refractivity contribution >= 4 is 17.7 Å². The number of imidazole rings is 1. The quantitative estimate of drug-likeness (QED) is 0.651. The largest absolute Gasteiger partial charge is 0.348 e. The van der Waals surface area contributed by atoms with E-state index in [4.69, 9.17) is 0 Å². The van der Waals surface area contributed by atoms with E-state index in [1.807, 2.05) is 47.4 Å². The first-order valence-electron chi connectivity index (χ1n) is 9.48. The molecule has 3 aromatic rings. The van der Waals surface area contributed by atoms with Gasteiger partial charge in [-0.05, 0) is 42.5 Å². The molecule has 4 rings (SSSR count). The first-order chi connectivity index (χ1) is 13.7. The van der Waals surface area contributed by atoms with Crippen molar-refractivity contribution in [2.45, 2.75) is 24.2 Å². The molecule has 1 saturated heterocycles. The van der Waals surface area contributed by atoms with E-state index in [2.05, 4.69) is 39.5 Å². The molecule has 5 nitrogen and oxygen atoms in total. The Kier molecular flexibility index (Phi) is 5.78. The SMILES string of the molecule is CSc1nccn1-c1ccc(C(=O)N[C@@H]2CCN(Cc3ccccc3)C2)cc1. The third kappa shape index (κ3) is 4.29. The summed E-state index contributed by atoms with van der Waals surface area (Å²) in [7, 11) is 0. The molecule has 0 saturated carbocycles. The van der Waals surface area contributed by atoms with Crippen LogP contribution in [0.3, 0.4) is 0 Å². The first-order valence-corrected chi connectivity index (χ1v) is 10.7. The van der Waals surface area contributed by atoms with Gasteiger partial charge in [-0.2, -0.15) is 0 Å². The monoisotopic (exact) mass is 392 g/mol. The minimum absolute atomic E-state index is 0.00571. The molecule has 1 atom stereocenters. The van der Waals surface area contributed by atoms with E-state index in [0.29, 0.717) is 5.56 Å². The Bertz CT molecular complexity index is 923. The zero-order valence-corrected chi connectivity index (χ0v) is 16.7. The van der Waals surface area contributed by atoms with Crippen LogP contribution in [0.15, 0.2) is 72.1 Å². The smallest absolute Gasteiger partial charge is 0.251 e. The van der Waals surface area contributed by atoms with Gasteiger partial charge in [-0.25, -0.2) is 4.98 Å². The van der Waals surface area contributed by atoms with Gasteiger partial charge < -0.3 is 5.32 Å². The summed E-state index contributed by atoms with van der Waals surface area (Å²) in [5.41, 5.74) is 3.01. The Balaban J connectivity index is 1.34. The molecule has 0 aliphatic carbocycles. The number of thioether (sulfide) groups is 1. The molecule has 1 aromatic heterocycles. The van der Waals surface area contributed by atoms with E-state index in [1.165, 1.54) is 5.56 Å². The molecule has 1 aliphatic heterocycles. The molecule has 6 heteroatoms. The number of hydrogen-bond acceptors (Lipinski definition) is 4. The van der Waals surface area contributed by atoms with Crippen molar-refractivity contribution in [3.8, 4) is 5.69 Å². The average Bonchev–Trinajstić information content (AvgIpc) is 3.38. The van der Waals surface area contributed by atoms with E-state index >= 15 is 0 Å². The van der Waals surface area contributed by atoms with Gasteiger partial charge in [0.05, 0.1) is 0 Å². The molecule has 1 N–H and O–H groups in total. The molecule has 0 spiro atoms. The van der Waals surface area contributed by atoms with Gasteiger partial charge in [0.25, 0.3) is 5.91 Å². The first kappa shape index (κ1) is 18.8. The molecular weight excluding hydrogens is 368 g/mol. The Hall–Kier alpha value is -2.57. The van der Waals surface area contributed by atoms with Gasteiger partial charge in [-0.1, -0.05) is 42.1 Å². The van der Waals surface area contributed by atoms with Gasteiger partial charge in [0, 0.05) is 49.3 Å². The third-order valence-corrected chi connectivity index (χ3v) is 5.72. The molecule has 2 heterocycles. The second-order valence-corrected chi connectivity index (χ2v) is 7.78. The van der Waals surface area contributed by atoms with E-state index in [9.17, 15) is 4.79 Å². The van der Waals surface area contributed by atoms with Crippen LogP contribution >= 0.6 is 11.8 Å². The van der Waals surface area contributed by atoms with E-state index in [0.717, 1.165) is 36.9 Å². The minimum Gasteiger partial charge on any atom is -0.348 e. The van der Waals surface area contributed by atoms with E-state index in [1.54, 1.807) is 18.0 Å². The molecule has 28 heavy (non-hydrogen) atoms. The van der Waals surface area contributed by atoms with Crippen molar-refractivity contribution in [1.29, 1.82) is 0 Å². The number of amides is 1. The van der Waals surface area contributed by atoms with Crippen LogP contribution in [-0.4, -0.2) is 45.7 Å². The van der Waals surface area contributed by atoms with Crippen molar-refractivity contribution < 1.29 is 4.79 Å². The number of likely N-dealkylation sites (tertiary alicyclic amines) is 1. The highest BCUT2D eigenvalue weighted by molar-refractivity contribution is 7.98. The van der Waals surface area contributed by atoms with Crippen molar-refractivity contribution in [2.24, 2.45) is 0 Å². The highest BCUT2D eigenvalue weighted by Gasteiger charge is 2.24. The number of carbonyl (C=O) groups is 1. The number of aromatic nitrogens is 2. The molecule has 0 unspecified atom stereocenters. The number of hydrogen-bond donors (Lipinski definition) is 1. The lowest BCUT2D eigenvalue weighted by atomic mass is 10.1. The topological polar surface area (TPSA) is 50.2 Å². The van der Waals surface area contributed by atoms with Crippen LogP contribution in [0.25, 0.3) is 5.69 Å². The summed E-state index contributed by atoms with van der Waals surface area (Å²) >= 11 is 1.60. The second kappa shape index (κ2) is 8.63. The summed E-state index contributed by atoms with van der Waals surface area (Å²) in [6, 6.07) is 18.4. The summed E-state index contributed by atoms with van der Waals surface area (Å²) in [6.45, 7) is 2.84. The highest BCUT2D eigenvalue weighted by atomic mass is 32.2. The van der Waals surface area contributed by atoms with Crippen LogP contribution < -0.4 is 5.32 Å². The summed E-state index contributed by atoms with van der Waals surface area (Å²) < 4.78 is 2.02. The van der Waals surface area contributed by atoms with Crippen molar-refractivity contribution in [3.63, 3.8) is 0 Å². The minimum atomic E-state index is -0.00571. The number of carbonyl (C=O) groups excluding carboxylic acids is 1. The van der Waals surface area contributed by atoms with Crippen LogP contribution in [0.5, 0.6) is 0 Å². The average molecular weight is 393 g/mol. The van der Waals surface area contributed by atoms with Crippen LogP contribution in [0.2, 0.25) is 0 Å². The summed E-state index contributed by atoms with van der Waals surface area (Å²) in [5, 5.41) is 4.12. The number of nitrogens with zero attached hydrogens (tertiary/aromatic N) is 3. The molecule has 1 fully saturated rings. The lowest BCUT2D eigenvalue weighted by Gasteiger charge is -2.17. The summed E-state index contributed by atoms with van der Waals surface area (Å²) in [4.78, 5) is 19.3. The second-order valence-electron chi connectivity index (χ2n) is 7.01. The van der Waals surface area contributed by atoms with Gasteiger partial charge in [-0.15, -0.1) is 0 Å². The van der Waals surface area contributed by atoms with Crippen LogP contribution in [0.1, 0.15) is 22.3 Å². The molecular formula is C22H24N4OS. The predicted octanol–water partition coefficient (Wildman–Crippen LogP) is 3.60. The molecule has 1 amide bonds. The number of rotatable bonds is 6. The van der Waals surface area contributed by atoms with Crippen molar-refractivity contribution in [3.05, 3.63) is 78.1 Å².